The summed E-state index contributed by atoms with van der Waals surface area (Å²) in [6.07, 6.45) is 0.865. The quantitative estimate of drug-likeness (QED) is 0.766. The van der Waals surface area contributed by atoms with Crippen LogP contribution in [0.1, 0.15) is 16.7 Å². The summed E-state index contributed by atoms with van der Waals surface area (Å²) in [6.45, 7) is 5.01. The van der Waals surface area contributed by atoms with Crippen LogP contribution in [0.2, 0.25) is 0 Å². The van der Waals surface area contributed by atoms with Crippen molar-refractivity contribution in [3.8, 4) is 16.9 Å². The number of nitrogens with zero attached hydrogens (tertiary/aromatic N) is 2. The van der Waals surface area contributed by atoms with Crippen LogP contribution < -0.4 is 5.32 Å². The molecule has 0 unspecified atom stereocenters. The van der Waals surface area contributed by atoms with Gasteiger partial charge in [-0.2, -0.15) is 5.10 Å². The van der Waals surface area contributed by atoms with E-state index in [9.17, 15) is 4.39 Å². The number of fused-ring (bicyclic) bond motifs is 1. The van der Waals surface area contributed by atoms with Gasteiger partial charge in [0.15, 0.2) is 0 Å². The van der Waals surface area contributed by atoms with E-state index in [0.717, 1.165) is 41.3 Å². The Kier molecular flexibility index (Phi) is 3.18. The number of halogens is 1. The maximum atomic E-state index is 14.2. The lowest BCUT2D eigenvalue weighted by Crippen LogP contribution is -2.06. The van der Waals surface area contributed by atoms with E-state index in [1.54, 1.807) is 12.1 Å². The summed E-state index contributed by atoms with van der Waals surface area (Å²) in [7, 11) is 0. The third-order valence-corrected chi connectivity index (χ3v) is 4.36. The highest BCUT2D eigenvalue weighted by molar-refractivity contribution is 5.73. The second kappa shape index (κ2) is 5.23. The van der Waals surface area contributed by atoms with E-state index in [0.29, 0.717) is 5.56 Å². The normalized spacial score (nSPS) is 13.0. The predicted molar refractivity (Wildman–Crippen MR) is 90.6 cm³/mol. The summed E-state index contributed by atoms with van der Waals surface area (Å²) in [5.41, 5.74) is 5.80. The molecule has 0 radical (unpaired) electrons. The summed E-state index contributed by atoms with van der Waals surface area (Å²) < 4.78 is 16.1. The van der Waals surface area contributed by atoms with Gasteiger partial charge in [-0.15, -0.1) is 0 Å². The summed E-state index contributed by atoms with van der Waals surface area (Å²) >= 11 is 0. The predicted octanol–water partition coefficient (Wildman–Crippen LogP) is 4.26. The van der Waals surface area contributed by atoms with Crippen molar-refractivity contribution in [1.29, 1.82) is 0 Å². The van der Waals surface area contributed by atoms with Gasteiger partial charge in [0.25, 0.3) is 0 Å². The summed E-state index contributed by atoms with van der Waals surface area (Å²) in [5.74, 6) is 0.752. The fraction of sp³-hybridized carbons (Fsp3) is 0.211. The molecule has 4 rings (SSSR count). The molecular weight excluding hydrogens is 289 g/mol. The molecule has 1 aliphatic heterocycles. The van der Waals surface area contributed by atoms with Gasteiger partial charge in [-0.3, -0.25) is 0 Å². The van der Waals surface area contributed by atoms with Gasteiger partial charge in [-0.05, 0) is 44.0 Å². The SMILES string of the molecule is Cc1ccc(-n2nc(-c3ccccc3F)c3c2NCC3)c(C)c1. The molecule has 0 spiro atoms. The fourth-order valence-electron chi connectivity index (χ4n) is 3.26. The van der Waals surface area contributed by atoms with Crippen LogP contribution in [0.5, 0.6) is 0 Å². The number of nitrogens with one attached hydrogen (secondary N) is 1. The van der Waals surface area contributed by atoms with E-state index < -0.39 is 0 Å². The van der Waals surface area contributed by atoms with Crippen LogP contribution in [0.4, 0.5) is 10.2 Å². The Morgan fingerprint density at radius 3 is 2.74 bits per heavy atom. The van der Waals surface area contributed by atoms with Crippen LogP contribution in [-0.2, 0) is 6.42 Å². The molecule has 0 aliphatic carbocycles. The summed E-state index contributed by atoms with van der Waals surface area (Å²) in [5, 5.41) is 8.13. The minimum absolute atomic E-state index is 0.229. The first-order chi connectivity index (χ1) is 11.1. The zero-order chi connectivity index (χ0) is 16.0. The van der Waals surface area contributed by atoms with Crippen molar-refractivity contribution in [2.75, 3.05) is 11.9 Å². The lowest BCUT2D eigenvalue weighted by molar-refractivity contribution is 0.630. The molecular formula is C19H18FN3. The molecule has 23 heavy (non-hydrogen) atoms. The van der Waals surface area contributed by atoms with Crippen LogP contribution >= 0.6 is 0 Å². The highest BCUT2D eigenvalue weighted by Gasteiger charge is 2.25. The lowest BCUT2D eigenvalue weighted by atomic mass is 10.1. The number of hydrogen-bond acceptors (Lipinski definition) is 2. The molecule has 1 aromatic heterocycles. The third-order valence-electron chi connectivity index (χ3n) is 4.36. The van der Waals surface area contributed by atoms with Crippen molar-refractivity contribution in [3.63, 3.8) is 0 Å². The van der Waals surface area contributed by atoms with E-state index in [1.165, 1.54) is 11.6 Å². The Labute approximate surface area is 134 Å². The number of rotatable bonds is 2. The Morgan fingerprint density at radius 2 is 1.96 bits per heavy atom. The number of aromatic nitrogens is 2. The first kappa shape index (κ1) is 14.0. The molecule has 3 aromatic rings. The first-order valence-electron chi connectivity index (χ1n) is 7.83. The summed E-state index contributed by atoms with van der Waals surface area (Å²) in [6, 6.07) is 13.1. The Bertz CT molecular complexity index is 896. The van der Waals surface area contributed by atoms with Crippen LogP contribution in [0.15, 0.2) is 42.5 Å². The van der Waals surface area contributed by atoms with Gasteiger partial charge in [0.2, 0.25) is 0 Å². The molecule has 3 nitrogen and oxygen atoms in total. The molecule has 2 heterocycles. The zero-order valence-electron chi connectivity index (χ0n) is 13.2. The molecule has 0 amide bonds. The average molecular weight is 307 g/mol. The van der Waals surface area contributed by atoms with E-state index in [1.807, 2.05) is 10.7 Å². The van der Waals surface area contributed by atoms with E-state index in [4.69, 9.17) is 5.10 Å². The lowest BCUT2D eigenvalue weighted by Gasteiger charge is -2.10. The summed E-state index contributed by atoms with van der Waals surface area (Å²) in [4.78, 5) is 0. The van der Waals surface area contributed by atoms with Gasteiger partial charge in [0.1, 0.15) is 17.3 Å². The molecule has 0 bridgehead atoms. The van der Waals surface area contributed by atoms with Gasteiger partial charge in [-0.25, -0.2) is 9.07 Å². The first-order valence-corrected chi connectivity index (χ1v) is 7.83. The van der Waals surface area contributed by atoms with Crippen molar-refractivity contribution in [2.45, 2.75) is 20.3 Å². The van der Waals surface area contributed by atoms with Gasteiger partial charge in [0, 0.05) is 17.7 Å². The zero-order valence-corrected chi connectivity index (χ0v) is 13.2. The fourth-order valence-corrected chi connectivity index (χ4v) is 3.26. The molecule has 0 fully saturated rings. The van der Waals surface area contributed by atoms with Crippen LogP contribution in [0.3, 0.4) is 0 Å². The molecule has 0 atom stereocenters. The highest BCUT2D eigenvalue weighted by atomic mass is 19.1. The average Bonchev–Trinajstić information content (AvgIpc) is 3.11. The van der Waals surface area contributed by atoms with Crippen molar-refractivity contribution in [1.82, 2.24) is 9.78 Å². The Balaban J connectivity index is 1.94. The molecule has 116 valence electrons. The smallest absolute Gasteiger partial charge is 0.133 e. The van der Waals surface area contributed by atoms with Crippen LogP contribution in [-0.4, -0.2) is 16.3 Å². The van der Waals surface area contributed by atoms with Gasteiger partial charge >= 0.3 is 0 Å². The Hall–Kier alpha value is -2.62. The standard InChI is InChI=1S/C19H18FN3/c1-12-7-8-17(13(2)11-12)23-19-15(9-10-21-19)18(22-23)14-5-3-4-6-16(14)20/h3-8,11,21H,9-10H2,1-2H3. The van der Waals surface area contributed by atoms with Crippen molar-refractivity contribution < 1.29 is 4.39 Å². The second-order valence-corrected chi connectivity index (χ2v) is 6.03. The maximum absolute atomic E-state index is 14.2. The molecule has 1 N–H and O–H groups in total. The van der Waals surface area contributed by atoms with Crippen LogP contribution in [0.25, 0.3) is 16.9 Å². The van der Waals surface area contributed by atoms with E-state index in [2.05, 4.69) is 37.4 Å². The molecule has 2 aromatic carbocycles. The number of benzene rings is 2. The van der Waals surface area contributed by atoms with E-state index in [-0.39, 0.29) is 5.82 Å². The second-order valence-electron chi connectivity index (χ2n) is 6.03. The molecule has 0 saturated carbocycles. The van der Waals surface area contributed by atoms with Gasteiger partial charge in [0.05, 0.1) is 5.69 Å². The van der Waals surface area contributed by atoms with Crippen molar-refractivity contribution >= 4 is 5.82 Å². The van der Waals surface area contributed by atoms with E-state index >= 15 is 0 Å². The highest BCUT2D eigenvalue weighted by Crippen LogP contribution is 2.36. The molecule has 1 aliphatic rings. The van der Waals surface area contributed by atoms with Crippen molar-refractivity contribution in [3.05, 3.63) is 65.0 Å². The molecule has 0 saturated heterocycles. The van der Waals surface area contributed by atoms with Crippen LogP contribution in [0, 0.1) is 19.7 Å². The van der Waals surface area contributed by atoms with Crippen molar-refractivity contribution in [2.24, 2.45) is 0 Å². The third kappa shape index (κ3) is 2.22. The topological polar surface area (TPSA) is 29.9 Å². The maximum Gasteiger partial charge on any atom is 0.133 e. The minimum atomic E-state index is -0.229. The number of anilines is 1. The monoisotopic (exact) mass is 307 g/mol. The largest absolute Gasteiger partial charge is 0.369 e. The Morgan fingerprint density at radius 1 is 1.13 bits per heavy atom. The van der Waals surface area contributed by atoms with Gasteiger partial charge < -0.3 is 5.32 Å². The molecule has 4 heteroatoms. The number of hydrogen-bond donors (Lipinski definition) is 1. The van der Waals surface area contributed by atoms with Gasteiger partial charge in [-0.1, -0.05) is 29.8 Å². The minimum Gasteiger partial charge on any atom is -0.369 e. The number of aryl methyl sites for hydroxylation is 2.